The Hall–Kier alpha value is -3.41. The van der Waals surface area contributed by atoms with Crippen molar-refractivity contribution in [1.82, 2.24) is 19.4 Å². The summed E-state index contributed by atoms with van der Waals surface area (Å²) in [7, 11) is 0. The van der Waals surface area contributed by atoms with Gasteiger partial charge in [-0.15, -0.1) is 5.10 Å². The average molecular weight is 447 g/mol. The lowest BCUT2D eigenvalue weighted by atomic mass is 9.97. The van der Waals surface area contributed by atoms with Crippen molar-refractivity contribution in [2.24, 2.45) is 0 Å². The minimum Gasteiger partial charge on any atom is -0.244 e. The molecule has 0 aliphatic heterocycles. The van der Waals surface area contributed by atoms with Crippen molar-refractivity contribution in [3.8, 4) is 22.3 Å². The highest BCUT2D eigenvalue weighted by atomic mass is 35.5. The highest BCUT2D eigenvalue weighted by Gasteiger charge is 2.18. The minimum atomic E-state index is -0.295. The third kappa shape index (κ3) is 3.74. The van der Waals surface area contributed by atoms with Gasteiger partial charge in [0.15, 0.2) is 5.65 Å². The third-order valence-electron chi connectivity index (χ3n) is 5.08. The normalized spacial score (nSPS) is 11.2. The van der Waals surface area contributed by atoms with Crippen LogP contribution in [0.2, 0.25) is 10.0 Å². The Bertz CT molecular complexity index is 1420. The van der Waals surface area contributed by atoms with Gasteiger partial charge in [0.2, 0.25) is 0 Å². The van der Waals surface area contributed by atoms with Gasteiger partial charge in [0.05, 0.1) is 12.7 Å². The van der Waals surface area contributed by atoms with E-state index in [4.69, 9.17) is 23.2 Å². The van der Waals surface area contributed by atoms with Gasteiger partial charge < -0.3 is 0 Å². The first kappa shape index (κ1) is 19.5. The van der Waals surface area contributed by atoms with Crippen LogP contribution in [0.15, 0.2) is 89.9 Å². The molecule has 0 saturated carbocycles. The van der Waals surface area contributed by atoms with Gasteiger partial charge in [-0.05, 0) is 41.0 Å². The van der Waals surface area contributed by atoms with Crippen molar-refractivity contribution >= 4 is 28.8 Å². The van der Waals surface area contributed by atoms with Crippen LogP contribution in [0.3, 0.4) is 0 Å². The summed E-state index contributed by atoms with van der Waals surface area (Å²) in [6.45, 7) is 0.360. The van der Waals surface area contributed by atoms with Crippen molar-refractivity contribution in [1.29, 1.82) is 0 Å². The lowest BCUT2D eigenvalue weighted by molar-refractivity contribution is 0.650. The molecule has 0 fully saturated rings. The second-order valence-electron chi connectivity index (χ2n) is 7.11. The number of benzene rings is 3. The molecule has 31 heavy (non-hydrogen) atoms. The van der Waals surface area contributed by atoms with Gasteiger partial charge in [0.25, 0.3) is 0 Å². The Morgan fingerprint density at radius 3 is 2.03 bits per heavy atom. The summed E-state index contributed by atoms with van der Waals surface area (Å²) in [5, 5.41) is 10.3. The molecule has 0 aliphatic rings. The average Bonchev–Trinajstić information content (AvgIpc) is 3.10. The van der Waals surface area contributed by atoms with E-state index in [9.17, 15) is 4.79 Å². The molecule has 0 atom stereocenters. The van der Waals surface area contributed by atoms with Crippen LogP contribution < -0.4 is 5.69 Å². The van der Waals surface area contributed by atoms with Crippen LogP contribution in [0, 0.1) is 0 Å². The number of rotatable bonds is 4. The highest BCUT2D eigenvalue weighted by Crippen LogP contribution is 2.34. The maximum atomic E-state index is 13.0. The zero-order valence-electron chi connectivity index (χ0n) is 16.2. The van der Waals surface area contributed by atoms with Gasteiger partial charge >= 0.3 is 5.69 Å². The number of nitrogens with zero attached hydrogens (tertiary/aromatic N) is 4. The van der Waals surface area contributed by atoms with Gasteiger partial charge in [0, 0.05) is 21.2 Å². The van der Waals surface area contributed by atoms with E-state index in [1.807, 2.05) is 78.9 Å². The first-order chi connectivity index (χ1) is 15.1. The molecule has 2 heterocycles. The fourth-order valence-electron chi connectivity index (χ4n) is 3.57. The van der Waals surface area contributed by atoms with Crippen LogP contribution in [-0.4, -0.2) is 19.4 Å². The summed E-state index contributed by atoms with van der Waals surface area (Å²) in [5.41, 5.74) is 4.64. The van der Waals surface area contributed by atoms with Gasteiger partial charge in [-0.1, -0.05) is 77.8 Å². The quantitative estimate of drug-likeness (QED) is 0.362. The SMILES string of the molecule is O=c1n(Cc2ccccc2)nc2c(-c3ccc(Cl)cc3)c(-c3ccc(Cl)cc3)cnn12. The van der Waals surface area contributed by atoms with E-state index in [2.05, 4.69) is 10.2 Å². The maximum absolute atomic E-state index is 13.0. The Morgan fingerprint density at radius 2 is 1.39 bits per heavy atom. The number of halogens is 2. The van der Waals surface area contributed by atoms with Gasteiger partial charge in [-0.25, -0.2) is 9.48 Å². The molecule has 0 spiro atoms. The largest absolute Gasteiger partial charge is 0.367 e. The molecule has 3 aromatic carbocycles. The topological polar surface area (TPSA) is 52.2 Å². The van der Waals surface area contributed by atoms with Crippen molar-refractivity contribution in [3.63, 3.8) is 0 Å². The molecule has 5 aromatic rings. The van der Waals surface area contributed by atoms with E-state index in [1.54, 1.807) is 6.20 Å². The smallest absolute Gasteiger partial charge is 0.244 e. The summed E-state index contributed by atoms with van der Waals surface area (Å²) in [5.74, 6) is 0. The summed E-state index contributed by atoms with van der Waals surface area (Å²) in [4.78, 5) is 13.0. The highest BCUT2D eigenvalue weighted by molar-refractivity contribution is 6.31. The van der Waals surface area contributed by atoms with Crippen LogP contribution in [-0.2, 0) is 6.54 Å². The molecule has 2 aromatic heterocycles. The lowest BCUT2D eigenvalue weighted by Crippen LogP contribution is -2.22. The monoisotopic (exact) mass is 446 g/mol. The number of hydrogen-bond donors (Lipinski definition) is 0. The molecular weight excluding hydrogens is 431 g/mol. The first-order valence-corrected chi connectivity index (χ1v) is 10.4. The lowest BCUT2D eigenvalue weighted by Gasteiger charge is -2.11. The molecule has 7 heteroatoms. The number of fused-ring (bicyclic) bond motifs is 1. The fourth-order valence-corrected chi connectivity index (χ4v) is 3.82. The minimum absolute atomic E-state index is 0.295. The zero-order valence-corrected chi connectivity index (χ0v) is 17.8. The molecule has 0 amide bonds. The molecule has 0 radical (unpaired) electrons. The Balaban J connectivity index is 1.75. The van der Waals surface area contributed by atoms with Crippen molar-refractivity contribution in [2.45, 2.75) is 6.54 Å². The molecule has 0 aliphatic carbocycles. The molecule has 0 N–H and O–H groups in total. The summed E-state index contributed by atoms with van der Waals surface area (Å²) in [6, 6.07) is 24.7. The molecule has 5 rings (SSSR count). The van der Waals surface area contributed by atoms with Gasteiger partial charge in [-0.3, -0.25) is 0 Å². The number of aromatic nitrogens is 4. The molecule has 0 unspecified atom stereocenters. The Labute approximate surface area is 188 Å². The van der Waals surface area contributed by atoms with E-state index < -0.39 is 0 Å². The van der Waals surface area contributed by atoms with Crippen LogP contribution in [0.5, 0.6) is 0 Å². The molecule has 5 nitrogen and oxygen atoms in total. The van der Waals surface area contributed by atoms with Crippen molar-refractivity contribution in [3.05, 3.63) is 111 Å². The van der Waals surface area contributed by atoms with Crippen molar-refractivity contribution < 1.29 is 0 Å². The van der Waals surface area contributed by atoms with Crippen LogP contribution in [0.4, 0.5) is 0 Å². The third-order valence-corrected chi connectivity index (χ3v) is 5.58. The Morgan fingerprint density at radius 1 is 0.774 bits per heavy atom. The molecular formula is C24H16Cl2N4O. The summed E-state index contributed by atoms with van der Waals surface area (Å²) < 4.78 is 2.77. The molecule has 152 valence electrons. The van der Waals surface area contributed by atoms with Crippen LogP contribution >= 0.6 is 23.2 Å². The number of hydrogen-bond acceptors (Lipinski definition) is 3. The van der Waals surface area contributed by atoms with Gasteiger partial charge in [-0.2, -0.15) is 9.61 Å². The van der Waals surface area contributed by atoms with E-state index in [0.29, 0.717) is 22.2 Å². The predicted octanol–water partition coefficient (Wildman–Crippen LogP) is 5.58. The van der Waals surface area contributed by atoms with E-state index in [1.165, 1.54) is 9.20 Å². The zero-order chi connectivity index (χ0) is 21.4. The Kier molecular flexibility index (Phi) is 5.06. The summed E-state index contributed by atoms with van der Waals surface area (Å²) >= 11 is 12.2. The van der Waals surface area contributed by atoms with E-state index >= 15 is 0 Å². The second kappa shape index (κ2) is 8.02. The van der Waals surface area contributed by atoms with Crippen LogP contribution in [0.1, 0.15) is 5.56 Å². The van der Waals surface area contributed by atoms with Crippen molar-refractivity contribution in [2.75, 3.05) is 0 Å². The first-order valence-electron chi connectivity index (χ1n) is 9.65. The molecule has 0 bridgehead atoms. The summed E-state index contributed by atoms with van der Waals surface area (Å²) in [6.07, 6.45) is 1.69. The molecule has 0 saturated heterocycles. The van der Waals surface area contributed by atoms with E-state index in [0.717, 1.165) is 27.8 Å². The van der Waals surface area contributed by atoms with Gasteiger partial charge in [0.1, 0.15) is 0 Å². The van der Waals surface area contributed by atoms with Crippen LogP contribution in [0.25, 0.3) is 27.9 Å². The maximum Gasteiger partial charge on any atom is 0.367 e. The van der Waals surface area contributed by atoms with E-state index in [-0.39, 0.29) is 5.69 Å². The predicted molar refractivity (Wildman–Crippen MR) is 124 cm³/mol. The fraction of sp³-hybridized carbons (Fsp3) is 0.0417. The standard InChI is InChI=1S/C24H16Cl2N4O/c25-19-10-6-17(7-11-19)21-14-27-30-23(22(21)18-8-12-20(26)13-9-18)28-29(24(30)31)15-16-4-2-1-3-5-16/h1-14H,15H2. The second-order valence-corrected chi connectivity index (χ2v) is 7.98.